The van der Waals surface area contributed by atoms with Gasteiger partial charge in [0.05, 0.1) is 30.3 Å². The van der Waals surface area contributed by atoms with E-state index in [0.717, 1.165) is 40.2 Å². The maximum atomic E-state index is 12.5. The molecule has 38 heavy (non-hydrogen) atoms. The molecule has 4 rings (SSSR count). The molecule has 2 aromatic heterocycles. The summed E-state index contributed by atoms with van der Waals surface area (Å²) in [5, 5.41) is 2.94. The quantitative estimate of drug-likeness (QED) is 0.265. The van der Waals surface area contributed by atoms with E-state index in [-0.39, 0.29) is 17.6 Å². The Bertz CT molecular complexity index is 1410. The zero-order valence-corrected chi connectivity index (χ0v) is 22.0. The summed E-state index contributed by atoms with van der Waals surface area (Å²) in [6.07, 6.45) is 9.15. The Hall–Kier alpha value is -4.39. The molecule has 1 amide bonds. The maximum absolute atomic E-state index is 12.5. The highest BCUT2D eigenvalue weighted by molar-refractivity contribution is 6.04. The van der Waals surface area contributed by atoms with Crippen LogP contribution in [0, 0.1) is 0 Å². The van der Waals surface area contributed by atoms with Gasteiger partial charge in [0.1, 0.15) is 11.5 Å². The lowest BCUT2D eigenvalue weighted by molar-refractivity contribution is -0.118. The minimum absolute atomic E-state index is 0.149. The van der Waals surface area contributed by atoms with Gasteiger partial charge in [-0.1, -0.05) is 38.1 Å². The number of Topliss-reactive ketones (excluding diaryl/α,β-unsaturated/α-hetero) is 1. The third-order valence-electron chi connectivity index (χ3n) is 6.34. The van der Waals surface area contributed by atoms with Crippen molar-refractivity contribution in [3.63, 3.8) is 0 Å². The number of pyridine rings is 1. The lowest BCUT2D eigenvalue weighted by Gasteiger charge is -2.14. The number of benzene rings is 2. The van der Waals surface area contributed by atoms with Gasteiger partial charge >= 0.3 is 0 Å². The molecule has 0 spiro atoms. The van der Waals surface area contributed by atoms with Crippen molar-refractivity contribution in [2.45, 2.75) is 45.4 Å². The SMILES string of the molecule is CCCC(=O)Cc1ccc(-c2cncc(C[C@@H](C)c3cccc(NC(=O)c4cccnc4)c3)n2)cc1OC. The van der Waals surface area contributed by atoms with E-state index < -0.39 is 0 Å². The molecule has 7 heteroatoms. The summed E-state index contributed by atoms with van der Waals surface area (Å²) >= 11 is 0. The number of aromatic nitrogens is 3. The topological polar surface area (TPSA) is 94.1 Å². The molecule has 1 atom stereocenters. The van der Waals surface area contributed by atoms with Crippen molar-refractivity contribution in [3.05, 3.63) is 102 Å². The second kappa shape index (κ2) is 12.7. The van der Waals surface area contributed by atoms with E-state index in [1.165, 1.54) is 0 Å². The fourth-order valence-corrected chi connectivity index (χ4v) is 4.33. The van der Waals surface area contributed by atoms with E-state index in [1.54, 1.807) is 44.0 Å². The molecule has 0 fully saturated rings. The number of hydrogen-bond donors (Lipinski definition) is 1. The van der Waals surface area contributed by atoms with Crippen LogP contribution in [0.1, 0.15) is 59.8 Å². The zero-order chi connectivity index (χ0) is 26.9. The average Bonchev–Trinajstić information content (AvgIpc) is 2.94. The zero-order valence-electron chi connectivity index (χ0n) is 22.0. The van der Waals surface area contributed by atoms with Gasteiger partial charge in [0.2, 0.25) is 0 Å². The van der Waals surface area contributed by atoms with Gasteiger partial charge in [-0.15, -0.1) is 0 Å². The molecule has 4 aromatic rings. The second-order valence-corrected chi connectivity index (χ2v) is 9.31. The van der Waals surface area contributed by atoms with E-state index in [2.05, 4.69) is 22.2 Å². The van der Waals surface area contributed by atoms with Crippen LogP contribution >= 0.6 is 0 Å². The Kier molecular flexibility index (Phi) is 8.93. The summed E-state index contributed by atoms with van der Waals surface area (Å²) in [6, 6.07) is 17.1. The largest absolute Gasteiger partial charge is 0.496 e. The Morgan fingerprint density at radius 2 is 1.87 bits per heavy atom. The third kappa shape index (κ3) is 6.88. The van der Waals surface area contributed by atoms with Crippen LogP contribution < -0.4 is 10.1 Å². The average molecular weight is 509 g/mol. The lowest BCUT2D eigenvalue weighted by Crippen LogP contribution is -2.12. The van der Waals surface area contributed by atoms with E-state index >= 15 is 0 Å². The number of ether oxygens (including phenoxy) is 1. The highest BCUT2D eigenvalue weighted by Gasteiger charge is 2.14. The summed E-state index contributed by atoms with van der Waals surface area (Å²) in [7, 11) is 1.62. The highest BCUT2D eigenvalue weighted by Crippen LogP contribution is 2.28. The van der Waals surface area contributed by atoms with E-state index in [9.17, 15) is 9.59 Å². The summed E-state index contributed by atoms with van der Waals surface area (Å²) < 4.78 is 5.57. The van der Waals surface area contributed by atoms with Crippen LogP contribution in [-0.4, -0.2) is 33.8 Å². The predicted octanol–water partition coefficient (Wildman–Crippen LogP) is 6.06. The molecule has 1 N–H and O–H groups in total. The van der Waals surface area contributed by atoms with Crippen LogP contribution in [0.4, 0.5) is 5.69 Å². The van der Waals surface area contributed by atoms with Crippen LogP contribution in [-0.2, 0) is 17.6 Å². The predicted molar refractivity (Wildman–Crippen MR) is 148 cm³/mol. The molecule has 0 bridgehead atoms. The first kappa shape index (κ1) is 26.7. The number of carbonyl (C=O) groups is 2. The van der Waals surface area contributed by atoms with Crippen molar-refractivity contribution in [1.29, 1.82) is 0 Å². The van der Waals surface area contributed by atoms with Crippen molar-refractivity contribution in [3.8, 4) is 17.0 Å². The molecule has 0 unspecified atom stereocenters. The van der Waals surface area contributed by atoms with Gasteiger partial charge in [0.15, 0.2) is 0 Å². The van der Waals surface area contributed by atoms with Gasteiger partial charge in [-0.25, -0.2) is 4.98 Å². The van der Waals surface area contributed by atoms with Crippen molar-refractivity contribution >= 4 is 17.4 Å². The maximum Gasteiger partial charge on any atom is 0.257 e. The van der Waals surface area contributed by atoms with Gasteiger partial charge in [0, 0.05) is 48.2 Å². The minimum Gasteiger partial charge on any atom is -0.496 e. The molecular weight excluding hydrogens is 476 g/mol. The Labute approximate surface area is 223 Å². The van der Waals surface area contributed by atoms with Crippen molar-refractivity contribution < 1.29 is 14.3 Å². The monoisotopic (exact) mass is 508 g/mol. The highest BCUT2D eigenvalue weighted by atomic mass is 16.5. The second-order valence-electron chi connectivity index (χ2n) is 9.31. The first-order chi connectivity index (χ1) is 18.5. The molecule has 0 saturated heterocycles. The molecule has 194 valence electrons. The molecular formula is C31H32N4O3. The smallest absolute Gasteiger partial charge is 0.257 e. The molecule has 0 aliphatic carbocycles. The number of anilines is 1. The van der Waals surface area contributed by atoms with Crippen LogP contribution in [0.25, 0.3) is 11.3 Å². The Balaban J connectivity index is 1.47. The molecule has 0 saturated carbocycles. The number of rotatable bonds is 11. The van der Waals surface area contributed by atoms with Crippen molar-refractivity contribution in [2.24, 2.45) is 0 Å². The van der Waals surface area contributed by atoms with Crippen molar-refractivity contribution in [1.82, 2.24) is 15.0 Å². The van der Waals surface area contributed by atoms with E-state index in [1.807, 2.05) is 49.4 Å². The van der Waals surface area contributed by atoms with Gasteiger partial charge in [0.25, 0.3) is 5.91 Å². The number of nitrogens with one attached hydrogen (secondary N) is 1. The van der Waals surface area contributed by atoms with Crippen LogP contribution in [0.5, 0.6) is 5.75 Å². The molecule has 2 heterocycles. The van der Waals surface area contributed by atoms with Crippen LogP contribution in [0.3, 0.4) is 0 Å². The lowest BCUT2D eigenvalue weighted by atomic mass is 9.95. The van der Waals surface area contributed by atoms with Gasteiger partial charge in [-0.3, -0.25) is 19.6 Å². The summed E-state index contributed by atoms with van der Waals surface area (Å²) in [4.78, 5) is 37.9. The summed E-state index contributed by atoms with van der Waals surface area (Å²) in [5.74, 6) is 0.835. The number of methoxy groups -OCH3 is 1. The summed E-state index contributed by atoms with van der Waals surface area (Å²) in [6.45, 7) is 4.13. The van der Waals surface area contributed by atoms with Crippen molar-refractivity contribution in [2.75, 3.05) is 12.4 Å². The third-order valence-corrected chi connectivity index (χ3v) is 6.34. The Morgan fingerprint density at radius 1 is 1.00 bits per heavy atom. The fraction of sp³-hybridized carbons (Fsp3) is 0.258. The van der Waals surface area contributed by atoms with Gasteiger partial charge in [-0.05, 0) is 54.7 Å². The Morgan fingerprint density at radius 3 is 2.63 bits per heavy atom. The minimum atomic E-state index is -0.197. The molecule has 0 radical (unpaired) electrons. The molecule has 0 aliphatic heterocycles. The van der Waals surface area contributed by atoms with Gasteiger partial charge < -0.3 is 10.1 Å². The summed E-state index contributed by atoms with van der Waals surface area (Å²) in [5.41, 5.74) is 5.70. The molecule has 7 nitrogen and oxygen atoms in total. The standard InChI is InChI=1S/C31H32N4O3/c1-4-7-28(36)16-24-12-11-23(17-30(24)38-3)29-20-33-19-27(34-29)14-21(2)22-8-5-10-26(15-22)35-31(37)25-9-6-13-32-18-25/h5-6,8-13,15,17-21H,4,7,14,16H2,1-3H3,(H,35,37)/t21-/m1/s1. The van der Waals surface area contributed by atoms with Gasteiger partial charge in [-0.2, -0.15) is 0 Å². The van der Waals surface area contributed by atoms with E-state index in [4.69, 9.17) is 9.72 Å². The van der Waals surface area contributed by atoms with Crippen LogP contribution in [0.2, 0.25) is 0 Å². The first-order valence-electron chi connectivity index (χ1n) is 12.8. The number of amides is 1. The molecule has 0 aliphatic rings. The van der Waals surface area contributed by atoms with Crippen LogP contribution in [0.15, 0.2) is 79.4 Å². The van der Waals surface area contributed by atoms with E-state index in [0.29, 0.717) is 30.6 Å². The fourth-order valence-electron chi connectivity index (χ4n) is 4.33. The number of carbonyl (C=O) groups excluding carboxylic acids is 2. The normalized spacial score (nSPS) is 11.6. The molecule has 2 aromatic carbocycles. The number of nitrogens with zero attached hydrogens (tertiary/aromatic N) is 3. The first-order valence-corrected chi connectivity index (χ1v) is 12.8. The number of ketones is 1. The number of hydrogen-bond acceptors (Lipinski definition) is 6.